The van der Waals surface area contributed by atoms with Crippen molar-refractivity contribution in [2.45, 2.75) is 39.3 Å². The van der Waals surface area contributed by atoms with Crippen LogP contribution in [-0.4, -0.2) is 45.7 Å². The van der Waals surface area contributed by atoms with Crippen molar-refractivity contribution in [1.82, 2.24) is 5.32 Å². The molecule has 0 saturated heterocycles. The number of carbonyl (C=O) groups excluding carboxylic acids is 2. The Hall–Kier alpha value is -2.78. The van der Waals surface area contributed by atoms with Crippen molar-refractivity contribution in [2.24, 2.45) is 0 Å². The third kappa shape index (κ3) is 6.14. The third-order valence-electron chi connectivity index (χ3n) is 4.90. The highest BCUT2D eigenvalue weighted by Gasteiger charge is 2.30. The van der Waals surface area contributed by atoms with E-state index in [-0.39, 0.29) is 33.9 Å². The van der Waals surface area contributed by atoms with Gasteiger partial charge in [0.15, 0.2) is 0 Å². The van der Waals surface area contributed by atoms with Crippen molar-refractivity contribution >= 4 is 44.8 Å². The molecule has 0 heterocycles. The number of anilines is 2. The van der Waals surface area contributed by atoms with Gasteiger partial charge < -0.3 is 15.4 Å². The number of nitrogens with one attached hydrogen (secondary N) is 2. The van der Waals surface area contributed by atoms with Crippen LogP contribution in [0, 0.1) is 0 Å². The predicted octanol–water partition coefficient (Wildman–Crippen LogP) is 3.67. The van der Waals surface area contributed by atoms with E-state index in [2.05, 4.69) is 10.6 Å². The molecular formula is C22H28ClN3O5S. The zero-order valence-electron chi connectivity index (χ0n) is 18.7. The van der Waals surface area contributed by atoms with E-state index in [9.17, 15) is 18.0 Å². The molecule has 2 amide bonds. The van der Waals surface area contributed by atoms with Crippen molar-refractivity contribution < 1.29 is 22.7 Å². The number of rotatable bonds is 9. The van der Waals surface area contributed by atoms with Gasteiger partial charge >= 0.3 is 0 Å². The van der Waals surface area contributed by atoms with Crippen LogP contribution in [0.3, 0.4) is 0 Å². The maximum Gasteiger partial charge on any atom is 0.253 e. The summed E-state index contributed by atoms with van der Waals surface area (Å²) < 4.78 is 31.1. The molecule has 2 rings (SSSR count). The molecule has 0 radical (unpaired) electrons. The first-order valence-electron chi connectivity index (χ1n) is 10.0. The molecule has 0 bridgehead atoms. The first-order valence-corrected chi connectivity index (χ1v) is 12.3. The van der Waals surface area contributed by atoms with E-state index in [0.29, 0.717) is 5.75 Å². The molecule has 2 aromatic carbocycles. The minimum atomic E-state index is -3.84. The Labute approximate surface area is 193 Å². The number of nitrogens with zero attached hydrogens (tertiary/aromatic N) is 1. The van der Waals surface area contributed by atoms with Crippen LogP contribution in [0.2, 0.25) is 5.02 Å². The van der Waals surface area contributed by atoms with Gasteiger partial charge in [-0.15, -0.1) is 0 Å². The number of methoxy groups -OCH3 is 1. The first kappa shape index (κ1) is 25.5. The fraction of sp³-hybridized carbons (Fsp3) is 0.364. The van der Waals surface area contributed by atoms with Crippen LogP contribution < -0.4 is 19.7 Å². The highest BCUT2D eigenvalue weighted by Crippen LogP contribution is 2.31. The monoisotopic (exact) mass is 481 g/mol. The van der Waals surface area contributed by atoms with Crippen LogP contribution in [0.15, 0.2) is 42.5 Å². The van der Waals surface area contributed by atoms with E-state index in [1.54, 1.807) is 24.3 Å². The fourth-order valence-electron chi connectivity index (χ4n) is 3.03. The Morgan fingerprint density at radius 2 is 1.81 bits per heavy atom. The summed E-state index contributed by atoms with van der Waals surface area (Å²) in [6.45, 7) is 5.28. The van der Waals surface area contributed by atoms with Crippen LogP contribution >= 0.6 is 11.6 Å². The number of carbonyl (C=O) groups is 2. The van der Waals surface area contributed by atoms with Crippen LogP contribution in [0.4, 0.5) is 11.4 Å². The maximum absolute atomic E-state index is 13.0. The van der Waals surface area contributed by atoms with Crippen LogP contribution in [0.25, 0.3) is 0 Å². The third-order valence-corrected chi connectivity index (χ3v) is 6.43. The van der Waals surface area contributed by atoms with E-state index in [0.717, 1.165) is 17.0 Å². The zero-order valence-corrected chi connectivity index (χ0v) is 20.3. The van der Waals surface area contributed by atoms with Crippen LogP contribution in [0.1, 0.15) is 37.6 Å². The minimum Gasteiger partial charge on any atom is -0.495 e. The molecule has 0 aliphatic carbocycles. The molecular weight excluding hydrogens is 454 g/mol. The summed E-state index contributed by atoms with van der Waals surface area (Å²) in [4.78, 5) is 25.6. The number of ether oxygens (including phenoxy) is 1. The summed E-state index contributed by atoms with van der Waals surface area (Å²) in [7, 11) is -2.40. The average Bonchev–Trinajstić information content (AvgIpc) is 2.73. The Morgan fingerprint density at radius 1 is 1.16 bits per heavy atom. The lowest BCUT2D eigenvalue weighted by Gasteiger charge is -2.28. The first-order chi connectivity index (χ1) is 15.0. The van der Waals surface area contributed by atoms with E-state index in [4.69, 9.17) is 16.3 Å². The Morgan fingerprint density at radius 3 is 2.38 bits per heavy atom. The minimum absolute atomic E-state index is 0.0364. The number of para-hydroxylation sites is 1. The van der Waals surface area contributed by atoms with Gasteiger partial charge in [-0.05, 0) is 50.6 Å². The van der Waals surface area contributed by atoms with Gasteiger partial charge in [0.1, 0.15) is 11.8 Å². The largest absolute Gasteiger partial charge is 0.495 e. The topological polar surface area (TPSA) is 105 Å². The van der Waals surface area contributed by atoms with Gasteiger partial charge in [0, 0.05) is 6.04 Å². The highest BCUT2D eigenvalue weighted by atomic mass is 35.5. The Bertz CT molecular complexity index is 1090. The lowest BCUT2D eigenvalue weighted by atomic mass is 10.1. The summed E-state index contributed by atoms with van der Waals surface area (Å²) >= 11 is 6.16. The molecule has 8 nitrogen and oxygen atoms in total. The highest BCUT2D eigenvalue weighted by molar-refractivity contribution is 7.92. The number of hydrogen-bond donors (Lipinski definition) is 2. The molecule has 2 N–H and O–H groups in total. The lowest BCUT2D eigenvalue weighted by molar-refractivity contribution is -0.116. The molecule has 10 heteroatoms. The number of amides is 2. The number of halogens is 1. The predicted molar refractivity (Wildman–Crippen MR) is 127 cm³/mol. The Balaban J connectivity index is 2.34. The lowest BCUT2D eigenvalue weighted by Crippen LogP contribution is -2.45. The molecule has 0 fully saturated rings. The van der Waals surface area contributed by atoms with Gasteiger partial charge in [-0.25, -0.2) is 8.42 Å². The summed E-state index contributed by atoms with van der Waals surface area (Å²) in [5.74, 6) is -0.557. The molecule has 174 valence electrons. The van der Waals surface area contributed by atoms with Crippen molar-refractivity contribution in [3.8, 4) is 5.75 Å². The zero-order chi connectivity index (χ0) is 24.1. The fourth-order valence-corrected chi connectivity index (χ4v) is 4.45. The average molecular weight is 482 g/mol. The standard InChI is InChI=1S/C22H28ClN3O5S/c1-6-14(2)24-22(28)17-9-7-8-10-19(17)25-21(27)15(3)26(32(5,29)30)16-11-12-20(31-4)18(23)13-16/h7-15H,6H2,1-5H3,(H,24,28)(H,25,27)/t14-,15+/m0/s1. The second kappa shape index (κ2) is 10.7. The van der Waals surface area contributed by atoms with Gasteiger partial charge in [-0.2, -0.15) is 0 Å². The molecule has 0 aliphatic heterocycles. The molecule has 0 saturated carbocycles. The second-order valence-corrected chi connectivity index (χ2v) is 9.64. The van der Waals surface area contributed by atoms with Crippen molar-refractivity contribution in [1.29, 1.82) is 0 Å². The molecule has 0 unspecified atom stereocenters. The molecule has 32 heavy (non-hydrogen) atoms. The van der Waals surface area contributed by atoms with Crippen molar-refractivity contribution in [3.63, 3.8) is 0 Å². The molecule has 2 aromatic rings. The van der Waals surface area contributed by atoms with Gasteiger partial charge in [-0.3, -0.25) is 13.9 Å². The number of hydrogen-bond acceptors (Lipinski definition) is 5. The molecule has 0 aromatic heterocycles. The van der Waals surface area contributed by atoms with Gasteiger partial charge in [0.25, 0.3) is 5.91 Å². The number of sulfonamides is 1. The quantitative estimate of drug-likeness (QED) is 0.568. The summed E-state index contributed by atoms with van der Waals surface area (Å²) in [6, 6.07) is 9.83. The summed E-state index contributed by atoms with van der Waals surface area (Å²) in [5.41, 5.74) is 0.780. The maximum atomic E-state index is 13.0. The smallest absolute Gasteiger partial charge is 0.253 e. The van der Waals surface area contributed by atoms with Crippen LogP contribution in [-0.2, 0) is 14.8 Å². The van der Waals surface area contributed by atoms with E-state index >= 15 is 0 Å². The SMILES string of the molecule is CC[C@H](C)NC(=O)c1ccccc1NC(=O)[C@@H](C)N(c1ccc(OC)c(Cl)c1)S(C)(=O)=O. The van der Waals surface area contributed by atoms with Crippen LogP contribution in [0.5, 0.6) is 5.75 Å². The second-order valence-electron chi connectivity index (χ2n) is 7.37. The van der Waals surface area contributed by atoms with Gasteiger partial charge in [0.05, 0.1) is 35.3 Å². The molecule has 0 aliphatic rings. The summed E-state index contributed by atoms with van der Waals surface area (Å²) in [5, 5.41) is 5.74. The summed E-state index contributed by atoms with van der Waals surface area (Å²) in [6.07, 6.45) is 1.76. The normalized spacial score (nSPS) is 13.1. The van der Waals surface area contributed by atoms with Gasteiger partial charge in [-0.1, -0.05) is 30.7 Å². The number of benzene rings is 2. The van der Waals surface area contributed by atoms with E-state index in [1.807, 2.05) is 13.8 Å². The molecule has 0 spiro atoms. The van der Waals surface area contributed by atoms with E-state index < -0.39 is 22.0 Å². The Kier molecular flexibility index (Phi) is 8.51. The van der Waals surface area contributed by atoms with Crippen molar-refractivity contribution in [3.05, 3.63) is 53.1 Å². The van der Waals surface area contributed by atoms with E-state index in [1.165, 1.54) is 32.2 Å². The molecule has 2 atom stereocenters. The van der Waals surface area contributed by atoms with Crippen molar-refractivity contribution in [2.75, 3.05) is 23.0 Å². The van der Waals surface area contributed by atoms with Gasteiger partial charge in [0.2, 0.25) is 15.9 Å².